The summed E-state index contributed by atoms with van der Waals surface area (Å²) in [6, 6.07) is 8.21. The average Bonchev–Trinajstić information content (AvgIpc) is 3.06. The normalized spacial score (nSPS) is 19.7. The molecule has 5 rings (SSSR count). The molecular formula is C22H25N7O. The Morgan fingerprint density at radius 1 is 1.00 bits per heavy atom. The topological polar surface area (TPSA) is 79.8 Å². The summed E-state index contributed by atoms with van der Waals surface area (Å²) in [7, 11) is 0. The van der Waals surface area contributed by atoms with Crippen LogP contribution < -0.4 is 15.8 Å². The number of fused-ring (bicyclic) bond motifs is 2. The standard InChI is InChI=1S/C22H25N7O/c1-13-7-17(27-9-14(2)23-15(3)10-27)12-28-21(30)8-19(25-22(13)28)18-5-6-20-24-16(4)11-29(20)26-18/h5-8,11-12,14-15,23H,9-10H2,1-4H3/t14-,15+. The Morgan fingerprint density at radius 2 is 1.77 bits per heavy atom. The molecule has 154 valence electrons. The van der Waals surface area contributed by atoms with E-state index in [2.05, 4.69) is 40.2 Å². The van der Waals surface area contributed by atoms with Gasteiger partial charge < -0.3 is 10.2 Å². The first-order valence-corrected chi connectivity index (χ1v) is 10.3. The van der Waals surface area contributed by atoms with E-state index in [0.29, 0.717) is 29.1 Å². The molecule has 0 amide bonds. The second-order valence-corrected chi connectivity index (χ2v) is 8.33. The Balaban J connectivity index is 1.60. The summed E-state index contributed by atoms with van der Waals surface area (Å²) in [5, 5.41) is 8.13. The zero-order chi connectivity index (χ0) is 21.0. The smallest absolute Gasteiger partial charge is 0.258 e. The molecular weight excluding hydrogens is 378 g/mol. The van der Waals surface area contributed by atoms with Crippen LogP contribution in [-0.2, 0) is 0 Å². The predicted octanol–water partition coefficient (Wildman–Crippen LogP) is 2.21. The fraction of sp³-hybridized carbons (Fsp3) is 0.364. The summed E-state index contributed by atoms with van der Waals surface area (Å²) in [5.74, 6) is 0. The number of nitrogens with one attached hydrogen (secondary N) is 1. The summed E-state index contributed by atoms with van der Waals surface area (Å²) >= 11 is 0. The van der Waals surface area contributed by atoms with E-state index in [-0.39, 0.29) is 5.56 Å². The minimum absolute atomic E-state index is 0.111. The van der Waals surface area contributed by atoms with Crippen molar-refractivity contribution in [3.8, 4) is 11.4 Å². The highest BCUT2D eigenvalue weighted by atomic mass is 16.1. The van der Waals surface area contributed by atoms with E-state index in [1.165, 1.54) is 0 Å². The average molecular weight is 403 g/mol. The third kappa shape index (κ3) is 3.23. The molecule has 0 saturated carbocycles. The van der Waals surface area contributed by atoms with Crippen molar-refractivity contribution in [2.45, 2.75) is 39.8 Å². The molecule has 0 radical (unpaired) electrons. The largest absolute Gasteiger partial charge is 0.367 e. The van der Waals surface area contributed by atoms with E-state index in [9.17, 15) is 4.79 Å². The summed E-state index contributed by atoms with van der Waals surface area (Å²) in [6.07, 6.45) is 3.77. The van der Waals surface area contributed by atoms with Crippen LogP contribution in [0.15, 0.2) is 41.5 Å². The molecule has 30 heavy (non-hydrogen) atoms. The van der Waals surface area contributed by atoms with Crippen molar-refractivity contribution >= 4 is 17.0 Å². The van der Waals surface area contributed by atoms with Crippen LogP contribution in [0.4, 0.5) is 5.69 Å². The summed E-state index contributed by atoms with van der Waals surface area (Å²) in [5.41, 5.74) is 5.43. The van der Waals surface area contributed by atoms with Gasteiger partial charge in [-0.3, -0.25) is 9.20 Å². The number of hydrogen-bond donors (Lipinski definition) is 1. The Labute approximate surface area is 174 Å². The van der Waals surface area contributed by atoms with E-state index in [4.69, 9.17) is 4.98 Å². The van der Waals surface area contributed by atoms with Gasteiger partial charge in [-0.15, -0.1) is 0 Å². The SMILES string of the molecule is Cc1cn2nc(-c3cc(=O)n4cc(N5C[C@@H](C)N[C@@H](C)C5)cc(C)c4n3)ccc2n1. The van der Waals surface area contributed by atoms with E-state index >= 15 is 0 Å². The molecule has 0 aromatic carbocycles. The summed E-state index contributed by atoms with van der Waals surface area (Å²) in [6.45, 7) is 10.1. The first-order valence-electron chi connectivity index (χ1n) is 10.3. The van der Waals surface area contributed by atoms with Gasteiger partial charge in [0.15, 0.2) is 5.65 Å². The first-order chi connectivity index (χ1) is 14.4. The van der Waals surface area contributed by atoms with Crippen LogP contribution in [0.25, 0.3) is 22.7 Å². The molecule has 1 fully saturated rings. The molecule has 1 aliphatic heterocycles. The molecule has 8 nitrogen and oxygen atoms in total. The third-order valence-electron chi connectivity index (χ3n) is 5.56. The van der Waals surface area contributed by atoms with Crippen molar-refractivity contribution < 1.29 is 0 Å². The quantitative estimate of drug-likeness (QED) is 0.553. The Bertz CT molecular complexity index is 1310. The lowest BCUT2D eigenvalue weighted by Gasteiger charge is -2.37. The number of imidazole rings is 1. The van der Waals surface area contributed by atoms with Crippen LogP contribution in [0.2, 0.25) is 0 Å². The number of pyridine rings is 1. The third-order valence-corrected chi connectivity index (χ3v) is 5.56. The van der Waals surface area contributed by atoms with E-state index in [1.807, 2.05) is 38.4 Å². The summed E-state index contributed by atoms with van der Waals surface area (Å²) in [4.78, 5) is 24.5. The van der Waals surface area contributed by atoms with Crippen molar-refractivity contribution in [2.75, 3.05) is 18.0 Å². The Morgan fingerprint density at radius 3 is 2.53 bits per heavy atom. The number of rotatable bonds is 2. The lowest BCUT2D eigenvalue weighted by Crippen LogP contribution is -2.54. The van der Waals surface area contributed by atoms with Gasteiger partial charge in [-0.1, -0.05) is 0 Å². The van der Waals surface area contributed by atoms with Gasteiger partial charge in [0.2, 0.25) is 0 Å². The Kier molecular flexibility index (Phi) is 4.32. The number of aryl methyl sites for hydroxylation is 2. The number of anilines is 1. The monoisotopic (exact) mass is 403 g/mol. The molecule has 8 heteroatoms. The first kappa shape index (κ1) is 18.7. The van der Waals surface area contributed by atoms with Crippen molar-refractivity contribution in [1.82, 2.24) is 29.3 Å². The van der Waals surface area contributed by atoms with Gasteiger partial charge in [0.25, 0.3) is 5.56 Å². The van der Waals surface area contributed by atoms with Crippen molar-refractivity contribution in [3.05, 3.63) is 58.3 Å². The van der Waals surface area contributed by atoms with Gasteiger partial charge in [0, 0.05) is 37.4 Å². The highest BCUT2D eigenvalue weighted by molar-refractivity contribution is 5.63. The minimum Gasteiger partial charge on any atom is -0.367 e. The van der Waals surface area contributed by atoms with Crippen LogP contribution in [0.5, 0.6) is 0 Å². The van der Waals surface area contributed by atoms with Gasteiger partial charge in [0.05, 0.1) is 23.3 Å². The van der Waals surface area contributed by atoms with E-state index < -0.39 is 0 Å². The zero-order valence-electron chi connectivity index (χ0n) is 17.6. The van der Waals surface area contributed by atoms with Gasteiger partial charge >= 0.3 is 0 Å². The maximum absolute atomic E-state index is 13.0. The van der Waals surface area contributed by atoms with Gasteiger partial charge in [0.1, 0.15) is 11.3 Å². The Hall–Kier alpha value is -3.26. The van der Waals surface area contributed by atoms with E-state index in [1.54, 1.807) is 15.0 Å². The lowest BCUT2D eigenvalue weighted by molar-refractivity contribution is 0.406. The van der Waals surface area contributed by atoms with Crippen molar-refractivity contribution in [2.24, 2.45) is 0 Å². The van der Waals surface area contributed by atoms with Crippen LogP contribution in [0.1, 0.15) is 25.1 Å². The fourth-order valence-corrected chi connectivity index (χ4v) is 4.33. The predicted molar refractivity (Wildman–Crippen MR) is 117 cm³/mol. The molecule has 4 aromatic heterocycles. The van der Waals surface area contributed by atoms with Gasteiger partial charge in [-0.05, 0) is 51.5 Å². The van der Waals surface area contributed by atoms with Crippen molar-refractivity contribution in [1.29, 1.82) is 0 Å². The molecule has 2 atom stereocenters. The molecule has 1 aliphatic rings. The number of hydrogen-bond acceptors (Lipinski definition) is 6. The molecule has 1 saturated heterocycles. The van der Waals surface area contributed by atoms with Crippen LogP contribution in [-0.4, -0.2) is 49.2 Å². The number of piperazine rings is 1. The molecule has 0 bridgehead atoms. The maximum Gasteiger partial charge on any atom is 0.258 e. The molecule has 4 aromatic rings. The van der Waals surface area contributed by atoms with Gasteiger partial charge in [-0.2, -0.15) is 5.10 Å². The number of nitrogens with zero attached hydrogens (tertiary/aromatic N) is 6. The fourth-order valence-electron chi connectivity index (χ4n) is 4.33. The molecule has 0 aliphatic carbocycles. The van der Waals surface area contributed by atoms with E-state index in [0.717, 1.165) is 35.7 Å². The molecule has 0 spiro atoms. The van der Waals surface area contributed by atoms with Crippen molar-refractivity contribution in [3.63, 3.8) is 0 Å². The summed E-state index contributed by atoms with van der Waals surface area (Å²) < 4.78 is 3.36. The van der Waals surface area contributed by atoms with Crippen LogP contribution >= 0.6 is 0 Å². The molecule has 5 heterocycles. The second kappa shape index (κ2) is 6.91. The highest BCUT2D eigenvalue weighted by Gasteiger charge is 2.22. The molecule has 0 unspecified atom stereocenters. The lowest BCUT2D eigenvalue weighted by atomic mass is 10.1. The van der Waals surface area contributed by atoms with Gasteiger partial charge in [-0.25, -0.2) is 14.5 Å². The second-order valence-electron chi connectivity index (χ2n) is 8.33. The number of aromatic nitrogens is 5. The minimum atomic E-state index is -0.111. The zero-order valence-corrected chi connectivity index (χ0v) is 17.6. The highest BCUT2D eigenvalue weighted by Crippen LogP contribution is 2.22. The maximum atomic E-state index is 13.0. The van der Waals surface area contributed by atoms with Crippen LogP contribution in [0.3, 0.4) is 0 Å². The molecule has 1 N–H and O–H groups in total. The van der Waals surface area contributed by atoms with Crippen LogP contribution in [0, 0.1) is 13.8 Å².